The van der Waals surface area contributed by atoms with Gasteiger partial charge in [-0.1, -0.05) is 23.7 Å². The van der Waals surface area contributed by atoms with Crippen LogP contribution in [0.2, 0.25) is 5.02 Å². The summed E-state index contributed by atoms with van der Waals surface area (Å²) >= 11 is 6.86. The molecule has 13 heavy (non-hydrogen) atoms. The molecule has 2 N–H and O–H groups in total. The molecule has 1 heterocycles. The fourth-order valence-electron chi connectivity index (χ4n) is 1.00. The number of nitrogens with zero attached hydrogens (tertiary/aromatic N) is 2. The second kappa shape index (κ2) is 3.32. The summed E-state index contributed by atoms with van der Waals surface area (Å²) in [4.78, 5) is 0. The van der Waals surface area contributed by atoms with Crippen LogP contribution in [-0.2, 0) is 0 Å². The minimum absolute atomic E-state index is 0.465. The van der Waals surface area contributed by atoms with Crippen molar-refractivity contribution in [3.05, 3.63) is 29.3 Å². The van der Waals surface area contributed by atoms with Gasteiger partial charge in [0.1, 0.15) is 5.69 Å². The van der Waals surface area contributed by atoms with Crippen molar-refractivity contribution in [1.82, 2.24) is 8.75 Å². The van der Waals surface area contributed by atoms with Crippen LogP contribution >= 0.6 is 23.3 Å². The van der Waals surface area contributed by atoms with E-state index >= 15 is 0 Å². The minimum Gasteiger partial charge on any atom is -0.381 e. The Morgan fingerprint density at radius 3 is 2.38 bits per heavy atom. The molecule has 1 aromatic heterocycles. The van der Waals surface area contributed by atoms with Crippen molar-refractivity contribution in [2.75, 3.05) is 5.73 Å². The van der Waals surface area contributed by atoms with Crippen LogP contribution in [0.5, 0.6) is 0 Å². The Labute approximate surface area is 84.5 Å². The summed E-state index contributed by atoms with van der Waals surface area (Å²) in [5.74, 6) is 0.465. The molecule has 0 fully saturated rings. The van der Waals surface area contributed by atoms with Gasteiger partial charge < -0.3 is 5.73 Å². The molecule has 0 unspecified atom stereocenters. The van der Waals surface area contributed by atoms with E-state index < -0.39 is 0 Å². The smallest absolute Gasteiger partial charge is 0.165 e. The molecule has 0 spiro atoms. The first-order valence-corrected chi connectivity index (χ1v) is 4.72. The number of benzene rings is 1. The number of hydrogen-bond acceptors (Lipinski definition) is 4. The predicted octanol–water partition coefficient (Wildman–Crippen LogP) is 2.44. The fourth-order valence-corrected chi connectivity index (χ4v) is 1.63. The third kappa shape index (κ3) is 1.64. The van der Waals surface area contributed by atoms with Crippen LogP contribution < -0.4 is 5.73 Å². The highest BCUT2D eigenvalue weighted by Gasteiger charge is 2.05. The number of nitrogens with two attached hydrogens (primary N) is 1. The monoisotopic (exact) mass is 211 g/mol. The van der Waals surface area contributed by atoms with Crippen LogP contribution in [0.3, 0.4) is 0 Å². The molecule has 0 bridgehead atoms. The number of halogens is 1. The molecule has 0 amide bonds. The average molecular weight is 212 g/mol. The average Bonchev–Trinajstić information content (AvgIpc) is 2.53. The topological polar surface area (TPSA) is 51.8 Å². The number of aromatic nitrogens is 2. The Bertz CT molecular complexity index is 410. The number of rotatable bonds is 1. The van der Waals surface area contributed by atoms with Gasteiger partial charge in [-0.2, -0.15) is 8.75 Å². The molecule has 66 valence electrons. The molecular formula is C8H6ClN3S. The molecule has 0 atom stereocenters. The Morgan fingerprint density at radius 1 is 1.15 bits per heavy atom. The van der Waals surface area contributed by atoms with Crippen molar-refractivity contribution in [2.45, 2.75) is 0 Å². The summed E-state index contributed by atoms with van der Waals surface area (Å²) in [7, 11) is 0. The number of hydrogen-bond donors (Lipinski definition) is 1. The molecule has 0 saturated heterocycles. The van der Waals surface area contributed by atoms with E-state index in [1.807, 2.05) is 12.1 Å². The first-order valence-electron chi connectivity index (χ1n) is 3.61. The first-order chi connectivity index (χ1) is 6.27. The van der Waals surface area contributed by atoms with Gasteiger partial charge in [-0.05, 0) is 12.1 Å². The van der Waals surface area contributed by atoms with Gasteiger partial charge in [0.15, 0.2) is 5.82 Å². The highest BCUT2D eigenvalue weighted by Crippen LogP contribution is 2.24. The van der Waals surface area contributed by atoms with Gasteiger partial charge in [0, 0.05) is 10.6 Å². The van der Waals surface area contributed by atoms with Gasteiger partial charge in [0.25, 0.3) is 0 Å². The summed E-state index contributed by atoms with van der Waals surface area (Å²) in [6.45, 7) is 0. The third-order valence-electron chi connectivity index (χ3n) is 1.63. The zero-order chi connectivity index (χ0) is 9.26. The summed E-state index contributed by atoms with van der Waals surface area (Å²) in [6, 6.07) is 7.34. The first kappa shape index (κ1) is 8.47. The van der Waals surface area contributed by atoms with Crippen LogP contribution in [0, 0.1) is 0 Å². The maximum atomic E-state index is 5.75. The molecule has 0 aliphatic rings. The Balaban J connectivity index is 2.47. The van der Waals surface area contributed by atoms with Gasteiger partial charge in [-0.25, -0.2) is 0 Å². The summed E-state index contributed by atoms with van der Waals surface area (Å²) in [5, 5.41) is 0.700. The van der Waals surface area contributed by atoms with E-state index in [2.05, 4.69) is 8.75 Å². The van der Waals surface area contributed by atoms with Gasteiger partial charge in [-0.3, -0.25) is 0 Å². The summed E-state index contributed by atoms with van der Waals surface area (Å²) in [6.07, 6.45) is 0. The van der Waals surface area contributed by atoms with Gasteiger partial charge in [0.2, 0.25) is 0 Å². The molecule has 0 saturated carbocycles. The molecular weight excluding hydrogens is 206 g/mol. The van der Waals surface area contributed by atoms with Gasteiger partial charge in [-0.15, -0.1) is 0 Å². The highest BCUT2D eigenvalue weighted by molar-refractivity contribution is 6.99. The van der Waals surface area contributed by atoms with E-state index in [-0.39, 0.29) is 0 Å². The second-order valence-electron chi connectivity index (χ2n) is 2.50. The zero-order valence-corrected chi connectivity index (χ0v) is 8.14. The predicted molar refractivity (Wildman–Crippen MR) is 54.8 cm³/mol. The van der Waals surface area contributed by atoms with E-state index in [1.54, 1.807) is 12.1 Å². The van der Waals surface area contributed by atoms with Crippen LogP contribution in [-0.4, -0.2) is 8.75 Å². The fraction of sp³-hybridized carbons (Fsp3) is 0. The lowest BCUT2D eigenvalue weighted by atomic mass is 10.1. The molecule has 1 aromatic carbocycles. The van der Waals surface area contributed by atoms with Crippen LogP contribution in [0.15, 0.2) is 24.3 Å². The lowest BCUT2D eigenvalue weighted by molar-refractivity contribution is 1.49. The molecule has 0 radical (unpaired) electrons. The van der Waals surface area contributed by atoms with E-state index in [1.165, 1.54) is 0 Å². The van der Waals surface area contributed by atoms with E-state index in [9.17, 15) is 0 Å². The second-order valence-corrected chi connectivity index (χ2v) is 3.47. The highest BCUT2D eigenvalue weighted by atomic mass is 35.5. The Kier molecular flexibility index (Phi) is 2.16. The Morgan fingerprint density at radius 2 is 1.85 bits per heavy atom. The van der Waals surface area contributed by atoms with Crippen LogP contribution in [0.4, 0.5) is 5.82 Å². The largest absolute Gasteiger partial charge is 0.381 e. The van der Waals surface area contributed by atoms with Crippen molar-refractivity contribution in [3.8, 4) is 11.3 Å². The molecule has 5 heteroatoms. The third-order valence-corrected chi connectivity index (χ3v) is 2.43. The van der Waals surface area contributed by atoms with Crippen molar-refractivity contribution in [2.24, 2.45) is 0 Å². The molecule has 2 rings (SSSR count). The van der Waals surface area contributed by atoms with Crippen molar-refractivity contribution in [3.63, 3.8) is 0 Å². The van der Waals surface area contributed by atoms with Crippen molar-refractivity contribution < 1.29 is 0 Å². The molecule has 3 nitrogen and oxygen atoms in total. The van der Waals surface area contributed by atoms with Gasteiger partial charge >= 0.3 is 0 Å². The summed E-state index contributed by atoms with van der Waals surface area (Å²) < 4.78 is 7.97. The molecule has 0 aliphatic heterocycles. The van der Waals surface area contributed by atoms with E-state index in [0.717, 1.165) is 23.0 Å². The number of nitrogen functional groups attached to an aromatic ring is 1. The van der Waals surface area contributed by atoms with Gasteiger partial charge in [0.05, 0.1) is 11.7 Å². The Hall–Kier alpha value is -1.13. The maximum Gasteiger partial charge on any atom is 0.165 e. The lowest BCUT2D eigenvalue weighted by Gasteiger charge is -1.96. The van der Waals surface area contributed by atoms with E-state index in [4.69, 9.17) is 17.3 Å². The van der Waals surface area contributed by atoms with Crippen LogP contribution in [0.1, 0.15) is 0 Å². The summed E-state index contributed by atoms with van der Waals surface area (Å²) in [5.41, 5.74) is 7.28. The maximum absolute atomic E-state index is 5.75. The lowest BCUT2D eigenvalue weighted by Crippen LogP contribution is -1.87. The molecule has 0 aliphatic carbocycles. The SMILES string of the molecule is Nc1nsnc1-c1ccc(Cl)cc1. The quantitative estimate of drug-likeness (QED) is 0.788. The molecule has 2 aromatic rings. The van der Waals surface area contributed by atoms with Crippen LogP contribution in [0.25, 0.3) is 11.3 Å². The standard InChI is InChI=1S/C8H6ClN3S/c9-6-3-1-5(2-4-6)7-8(10)12-13-11-7/h1-4H,(H2,10,12). The normalized spacial score (nSPS) is 10.2. The van der Waals surface area contributed by atoms with Crippen molar-refractivity contribution in [1.29, 1.82) is 0 Å². The van der Waals surface area contributed by atoms with E-state index in [0.29, 0.717) is 10.8 Å². The van der Waals surface area contributed by atoms with Crippen molar-refractivity contribution >= 4 is 29.1 Å². The number of anilines is 1. The minimum atomic E-state index is 0.465. The zero-order valence-electron chi connectivity index (χ0n) is 6.57.